The molecule has 7 nitrogen and oxygen atoms in total. The monoisotopic (exact) mass is 367 g/mol. The Morgan fingerprint density at radius 3 is 2.88 bits per heavy atom. The molecule has 0 saturated heterocycles. The van der Waals surface area contributed by atoms with Gasteiger partial charge < -0.3 is 20.8 Å². The molecule has 0 unspecified atom stereocenters. The molecule has 0 fully saturated rings. The summed E-state index contributed by atoms with van der Waals surface area (Å²) in [6.07, 6.45) is 1.50. The molecule has 0 aliphatic heterocycles. The number of carbonyl (C=O) groups excluding carboxylic acids is 2. The van der Waals surface area contributed by atoms with Crippen molar-refractivity contribution >= 4 is 41.1 Å². The van der Waals surface area contributed by atoms with Gasteiger partial charge in [-0.1, -0.05) is 18.7 Å². The van der Waals surface area contributed by atoms with Crippen molar-refractivity contribution in [1.82, 2.24) is 10.3 Å². The number of thiazole rings is 1. The van der Waals surface area contributed by atoms with E-state index in [1.807, 2.05) is 6.92 Å². The van der Waals surface area contributed by atoms with Crippen LogP contribution in [0.1, 0.15) is 19.0 Å². The summed E-state index contributed by atoms with van der Waals surface area (Å²) >= 11 is 2.52. The van der Waals surface area contributed by atoms with Gasteiger partial charge in [0.2, 0.25) is 12.3 Å². The molecule has 128 valence electrons. The molecular weight excluding hydrogens is 350 g/mol. The number of hydrogen-bond donors (Lipinski definition) is 4. The second-order valence-electron chi connectivity index (χ2n) is 4.83. The van der Waals surface area contributed by atoms with Crippen LogP contribution in [-0.4, -0.2) is 34.1 Å². The number of phenols is 2. The lowest BCUT2D eigenvalue weighted by atomic mass is 10.3. The Morgan fingerprint density at radius 1 is 1.38 bits per heavy atom. The number of anilines is 1. The molecule has 1 aromatic heterocycles. The van der Waals surface area contributed by atoms with Gasteiger partial charge in [-0.2, -0.15) is 0 Å². The Labute approximate surface area is 147 Å². The van der Waals surface area contributed by atoms with E-state index in [2.05, 4.69) is 15.6 Å². The summed E-state index contributed by atoms with van der Waals surface area (Å²) in [7, 11) is 0. The van der Waals surface area contributed by atoms with Crippen LogP contribution in [0, 0.1) is 0 Å². The van der Waals surface area contributed by atoms with E-state index in [9.17, 15) is 19.8 Å². The number of rotatable bonds is 8. The normalized spacial score (nSPS) is 10.4. The van der Waals surface area contributed by atoms with Crippen LogP contribution >= 0.6 is 23.1 Å². The molecule has 1 heterocycles. The summed E-state index contributed by atoms with van der Waals surface area (Å²) in [6.45, 7) is 2.62. The molecule has 2 rings (SSSR count). The van der Waals surface area contributed by atoms with E-state index in [4.69, 9.17) is 0 Å². The Hall–Kier alpha value is -2.26. The fraction of sp³-hybridized carbons (Fsp3) is 0.267. The van der Waals surface area contributed by atoms with Crippen LogP contribution in [-0.2, 0) is 16.0 Å². The van der Waals surface area contributed by atoms with Crippen LogP contribution < -0.4 is 10.6 Å². The quantitative estimate of drug-likeness (QED) is 0.324. The molecule has 1 aromatic carbocycles. The first-order valence-electron chi connectivity index (χ1n) is 7.18. The number of amides is 2. The maximum absolute atomic E-state index is 11.7. The SMILES string of the molecule is CCCNC(=O)Cc1csc(Sc2cc(O)c(NC=O)cc2O)n1. The van der Waals surface area contributed by atoms with Crippen molar-refractivity contribution in [3.05, 3.63) is 23.2 Å². The summed E-state index contributed by atoms with van der Waals surface area (Å²) in [5, 5.41) is 26.7. The van der Waals surface area contributed by atoms with Gasteiger partial charge in [0.05, 0.1) is 22.7 Å². The fourth-order valence-electron chi connectivity index (χ4n) is 1.82. The van der Waals surface area contributed by atoms with Crippen LogP contribution in [0.2, 0.25) is 0 Å². The Balaban J connectivity index is 2.05. The highest BCUT2D eigenvalue weighted by Gasteiger charge is 2.13. The van der Waals surface area contributed by atoms with Crippen LogP contribution in [0.5, 0.6) is 11.5 Å². The zero-order valence-corrected chi connectivity index (χ0v) is 14.5. The van der Waals surface area contributed by atoms with Gasteiger partial charge in [-0.3, -0.25) is 9.59 Å². The minimum atomic E-state index is -0.155. The van der Waals surface area contributed by atoms with Gasteiger partial charge >= 0.3 is 0 Å². The van der Waals surface area contributed by atoms with E-state index in [-0.39, 0.29) is 29.5 Å². The average molecular weight is 367 g/mol. The first kappa shape index (κ1) is 18.1. The van der Waals surface area contributed by atoms with E-state index < -0.39 is 0 Å². The number of aromatic nitrogens is 1. The Bertz CT molecular complexity index is 734. The van der Waals surface area contributed by atoms with E-state index in [0.717, 1.165) is 6.42 Å². The number of aromatic hydroxyl groups is 2. The number of hydrogen-bond acceptors (Lipinski definition) is 7. The number of phenolic OH excluding ortho intramolecular Hbond substituents is 2. The third-order valence-electron chi connectivity index (χ3n) is 2.93. The molecule has 0 spiro atoms. The van der Waals surface area contributed by atoms with Gasteiger partial charge in [0.15, 0.2) is 4.34 Å². The maximum Gasteiger partial charge on any atom is 0.226 e. The third-order valence-corrected chi connectivity index (χ3v) is 4.97. The topological polar surface area (TPSA) is 112 Å². The average Bonchev–Trinajstić information content (AvgIpc) is 2.97. The highest BCUT2D eigenvalue weighted by Crippen LogP contribution is 2.41. The molecule has 24 heavy (non-hydrogen) atoms. The molecule has 0 bridgehead atoms. The minimum absolute atomic E-state index is 0.0801. The second kappa shape index (κ2) is 8.55. The van der Waals surface area contributed by atoms with Gasteiger partial charge in [-0.05, 0) is 12.5 Å². The summed E-state index contributed by atoms with van der Waals surface area (Å²) in [5.74, 6) is -0.318. The zero-order chi connectivity index (χ0) is 17.5. The molecular formula is C15H17N3O4S2. The zero-order valence-electron chi connectivity index (χ0n) is 12.9. The van der Waals surface area contributed by atoms with Crippen molar-refractivity contribution in [2.45, 2.75) is 29.0 Å². The fourth-order valence-corrected chi connectivity index (χ4v) is 3.65. The summed E-state index contributed by atoms with van der Waals surface area (Å²) in [5.41, 5.74) is 0.776. The standard InChI is InChI=1S/C15H17N3O4S2/c1-2-3-16-14(22)4-9-7-23-15(18-9)24-13-6-11(20)10(17-8-19)5-12(13)21/h5-8,20-21H,2-4H2,1H3,(H,16,22)(H,17,19). The van der Waals surface area contributed by atoms with E-state index in [1.54, 1.807) is 5.38 Å². The predicted molar refractivity (Wildman–Crippen MR) is 92.7 cm³/mol. The van der Waals surface area contributed by atoms with Gasteiger partial charge in [0.1, 0.15) is 11.5 Å². The molecule has 0 atom stereocenters. The van der Waals surface area contributed by atoms with Crippen molar-refractivity contribution < 1.29 is 19.8 Å². The van der Waals surface area contributed by atoms with Crippen molar-refractivity contribution in [2.24, 2.45) is 0 Å². The van der Waals surface area contributed by atoms with Crippen molar-refractivity contribution in [3.63, 3.8) is 0 Å². The van der Waals surface area contributed by atoms with Crippen LogP contribution in [0.15, 0.2) is 26.7 Å². The van der Waals surface area contributed by atoms with Crippen molar-refractivity contribution in [3.8, 4) is 11.5 Å². The van der Waals surface area contributed by atoms with Gasteiger partial charge in [-0.15, -0.1) is 11.3 Å². The summed E-state index contributed by atoms with van der Waals surface area (Å²) in [6, 6.07) is 2.61. The third kappa shape index (κ3) is 4.87. The first-order chi connectivity index (χ1) is 11.5. The minimum Gasteiger partial charge on any atom is -0.507 e. The maximum atomic E-state index is 11.7. The molecule has 2 amide bonds. The Morgan fingerprint density at radius 2 is 2.17 bits per heavy atom. The molecule has 0 saturated carbocycles. The summed E-state index contributed by atoms with van der Waals surface area (Å²) < 4.78 is 0.638. The van der Waals surface area contributed by atoms with Crippen molar-refractivity contribution in [2.75, 3.05) is 11.9 Å². The predicted octanol–water partition coefficient (Wildman–Crippen LogP) is 2.34. The van der Waals surface area contributed by atoms with Gasteiger partial charge in [0, 0.05) is 18.0 Å². The molecule has 9 heteroatoms. The summed E-state index contributed by atoms with van der Waals surface area (Å²) in [4.78, 5) is 26.8. The van der Waals surface area contributed by atoms with Gasteiger partial charge in [-0.25, -0.2) is 4.98 Å². The highest BCUT2D eigenvalue weighted by atomic mass is 32.2. The molecule has 0 aliphatic carbocycles. The molecule has 0 radical (unpaired) electrons. The molecule has 0 aliphatic rings. The largest absolute Gasteiger partial charge is 0.507 e. The number of nitrogens with zero attached hydrogens (tertiary/aromatic N) is 1. The van der Waals surface area contributed by atoms with Crippen LogP contribution in [0.4, 0.5) is 5.69 Å². The second-order valence-corrected chi connectivity index (χ2v) is 6.98. The Kier molecular flexibility index (Phi) is 6.44. The van der Waals surface area contributed by atoms with Crippen molar-refractivity contribution in [1.29, 1.82) is 0 Å². The van der Waals surface area contributed by atoms with E-state index in [1.165, 1.54) is 35.2 Å². The first-order valence-corrected chi connectivity index (χ1v) is 8.88. The molecule has 2 aromatic rings. The lowest BCUT2D eigenvalue weighted by Crippen LogP contribution is -2.25. The molecule has 4 N–H and O–H groups in total. The number of carbonyl (C=O) groups is 2. The van der Waals surface area contributed by atoms with E-state index in [0.29, 0.717) is 27.9 Å². The highest BCUT2D eigenvalue weighted by molar-refractivity contribution is 8.01. The van der Waals surface area contributed by atoms with E-state index >= 15 is 0 Å². The number of nitrogens with one attached hydrogen (secondary N) is 2. The lowest BCUT2D eigenvalue weighted by Gasteiger charge is -2.07. The van der Waals surface area contributed by atoms with Crippen LogP contribution in [0.3, 0.4) is 0 Å². The lowest BCUT2D eigenvalue weighted by molar-refractivity contribution is -0.120. The smallest absolute Gasteiger partial charge is 0.226 e. The number of benzene rings is 1. The van der Waals surface area contributed by atoms with Gasteiger partial charge in [0.25, 0.3) is 0 Å². The van der Waals surface area contributed by atoms with Crippen LogP contribution in [0.25, 0.3) is 0 Å².